The average Bonchev–Trinajstić information content (AvgIpc) is 3.00. The van der Waals surface area contributed by atoms with Crippen LogP contribution in [-0.2, 0) is 4.74 Å². The van der Waals surface area contributed by atoms with E-state index in [0.717, 1.165) is 25.9 Å². The number of piperidine rings is 1. The Bertz CT molecular complexity index is 198. The van der Waals surface area contributed by atoms with E-state index in [9.17, 15) is 4.79 Å². The topological polar surface area (TPSA) is 50.4 Å². The van der Waals surface area contributed by atoms with Gasteiger partial charge in [-0.2, -0.15) is 0 Å². The van der Waals surface area contributed by atoms with Crippen molar-refractivity contribution in [2.75, 3.05) is 19.7 Å². The molecule has 1 saturated carbocycles. The fraction of sp³-hybridized carbons (Fsp3) is 0.900. The summed E-state index contributed by atoms with van der Waals surface area (Å²) in [4.78, 5) is 11.2. The molecule has 2 N–H and O–H groups in total. The minimum Gasteiger partial charge on any atom is -0.449 e. The largest absolute Gasteiger partial charge is 0.449 e. The van der Waals surface area contributed by atoms with Crippen molar-refractivity contribution in [3.05, 3.63) is 0 Å². The minimum absolute atomic E-state index is 0.238. The van der Waals surface area contributed by atoms with Crippen molar-refractivity contribution in [3.8, 4) is 0 Å². The molecule has 0 radical (unpaired) electrons. The molecule has 1 aliphatic carbocycles. The second-order valence-electron chi connectivity index (χ2n) is 4.23. The first kappa shape index (κ1) is 9.77. The summed E-state index contributed by atoms with van der Waals surface area (Å²) in [5.41, 5.74) is 0. The van der Waals surface area contributed by atoms with Gasteiger partial charge in [0, 0.05) is 18.5 Å². The Kier molecular flexibility index (Phi) is 3.24. The van der Waals surface area contributed by atoms with Crippen LogP contribution in [0.5, 0.6) is 0 Å². The molecule has 2 aliphatic rings. The fourth-order valence-electron chi connectivity index (χ4n) is 1.70. The number of ether oxygens (including phenoxy) is 1. The van der Waals surface area contributed by atoms with Gasteiger partial charge in [0.25, 0.3) is 0 Å². The summed E-state index contributed by atoms with van der Waals surface area (Å²) in [6.45, 7) is 2.65. The Labute approximate surface area is 84.4 Å². The Morgan fingerprint density at radius 2 is 2.29 bits per heavy atom. The molecule has 2 fully saturated rings. The van der Waals surface area contributed by atoms with Crippen molar-refractivity contribution in [3.63, 3.8) is 0 Å². The highest BCUT2D eigenvalue weighted by atomic mass is 16.5. The lowest BCUT2D eigenvalue weighted by Crippen LogP contribution is -2.35. The van der Waals surface area contributed by atoms with Gasteiger partial charge in [0.15, 0.2) is 0 Å². The highest BCUT2D eigenvalue weighted by Gasteiger charge is 2.24. The molecule has 1 aliphatic heterocycles. The van der Waals surface area contributed by atoms with E-state index in [-0.39, 0.29) is 6.09 Å². The van der Waals surface area contributed by atoms with Gasteiger partial charge in [-0.25, -0.2) is 4.79 Å². The van der Waals surface area contributed by atoms with Crippen molar-refractivity contribution >= 4 is 6.09 Å². The molecule has 1 heterocycles. The first-order valence-corrected chi connectivity index (χ1v) is 5.48. The molecule has 0 spiro atoms. The van der Waals surface area contributed by atoms with Crippen LogP contribution in [-0.4, -0.2) is 31.8 Å². The van der Waals surface area contributed by atoms with E-state index >= 15 is 0 Å². The normalized spacial score (nSPS) is 27.0. The quantitative estimate of drug-likeness (QED) is 0.707. The Morgan fingerprint density at radius 1 is 1.43 bits per heavy atom. The van der Waals surface area contributed by atoms with Crippen LogP contribution in [0.4, 0.5) is 4.79 Å². The van der Waals surface area contributed by atoms with Crippen molar-refractivity contribution in [2.24, 2.45) is 5.92 Å². The van der Waals surface area contributed by atoms with Gasteiger partial charge in [0.2, 0.25) is 0 Å². The molecule has 2 rings (SSSR count). The van der Waals surface area contributed by atoms with E-state index in [2.05, 4.69) is 10.6 Å². The predicted molar refractivity (Wildman–Crippen MR) is 53.1 cm³/mol. The van der Waals surface area contributed by atoms with Crippen LogP contribution >= 0.6 is 0 Å². The Balaban J connectivity index is 1.57. The maximum absolute atomic E-state index is 11.2. The van der Waals surface area contributed by atoms with E-state index in [4.69, 9.17) is 4.74 Å². The first-order valence-electron chi connectivity index (χ1n) is 5.48. The zero-order valence-electron chi connectivity index (χ0n) is 8.42. The predicted octanol–water partition coefficient (Wildman–Crippen LogP) is 0.875. The van der Waals surface area contributed by atoms with Crippen molar-refractivity contribution < 1.29 is 9.53 Å². The molecule has 1 atom stereocenters. The molecule has 14 heavy (non-hydrogen) atoms. The van der Waals surface area contributed by atoms with Gasteiger partial charge in [-0.3, -0.25) is 0 Å². The highest BCUT2D eigenvalue weighted by molar-refractivity contribution is 5.67. The zero-order valence-corrected chi connectivity index (χ0v) is 8.42. The smallest absolute Gasteiger partial charge is 0.407 e. The molecule has 4 heteroatoms. The molecule has 0 aromatic rings. The van der Waals surface area contributed by atoms with Crippen LogP contribution in [0.15, 0.2) is 0 Å². The zero-order chi connectivity index (χ0) is 9.80. The van der Waals surface area contributed by atoms with Crippen LogP contribution in [0.3, 0.4) is 0 Å². The second kappa shape index (κ2) is 4.64. The van der Waals surface area contributed by atoms with Crippen LogP contribution in [0.2, 0.25) is 0 Å². The SMILES string of the molecule is O=C(NC1CC1)OCC1CCCNC1. The lowest BCUT2D eigenvalue weighted by molar-refractivity contribution is 0.119. The van der Waals surface area contributed by atoms with E-state index in [1.54, 1.807) is 0 Å². The molecular formula is C10H18N2O2. The highest BCUT2D eigenvalue weighted by Crippen LogP contribution is 2.18. The van der Waals surface area contributed by atoms with Gasteiger partial charge in [0.05, 0.1) is 6.61 Å². The summed E-state index contributed by atoms with van der Waals surface area (Å²) in [5, 5.41) is 6.11. The summed E-state index contributed by atoms with van der Waals surface area (Å²) >= 11 is 0. The van der Waals surface area contributed by atoms with Crippen molar-refractivity contribution in [2.45, 2.75) is 31.7 Å². The van der Waals surface area contributed by atoms with E-state index < -0.39 is 0 Å². The van der Waals surface area contributed by atoms with Gasteiger partial charge in [-0.05, 0) is 32.2 Å². The molecule has 0 aromatic carbocycles. The van der Waals surface area contributed by atoms with Crippen LogP contribution < -0.4 is 10.6 Å². The standard InChI is InChI=1S/C10H18N2O2/c13-10(12-9-3-4-9)14-7-8-2-1-5-11-6-8/h8-9,11H,1-7H2,(H,12,13). The van der Waals surface area contributed by atoms with Crippen molar-refractivity contribution in [1.29, 1.82) is 0 Å². The Hall–Kier alpha value is -0.770. The van der Waals surface area contributed by atoms with Gasteiger partial charge in [-0.15, -0.1) is 0 Å². The summed E-state index contributed by atoms with van der Waals surface area (Å²) < 4.78 is 5.14. The van der Waals surface area contributed by atoms with E-state index in [1.807, 2.05) is 0 Å². The lowest BCUT2D eigenvalue weighted by atomic mass is 10.0. The van der Waals surface area contributed by atoms with Crippen LogP contribution in [0, 0.1) is 5.92 Å². The van der Waals surface area contributed by atoms with Crippen molar-refractivity contribution in [1.82, 2.24) is 10.6 Å². The monoisotopic (exact) mass is 198 g/mol. The molecule has 80 valence electrons. The number of carbonyl (C=O) groups excluding carboxylic acids is 1. The molecule has 1 amide bonds. The molecule has 1 saturated heterocycles. The molecule has 0 bridgehead atoms. The first-order chi connectivity index (χ1) is 6.84. The molecular weight excluding hydrogens is 180 g/mol. The minimum atomic E-state index is -0.238. The van der Waals surface area contributed by atoms with E-state index in [1.165, 1.54) is 12.8 Å². The number of rotatable bonds is 3. The van der Waals surface area contributed by atoms with Crippen LogP contribution in [0.25, 0.3) is 0 Å². The molecule has 4 nitrogen and oxygen atoms in total. The average molecular weight is 198 g/mol. The number of hydrogen-bond acceptors (Lipinski definition) is 3. The number of hydrogen-bond donors (Lipinski definition) is 2. The number of alkyl carbamates (subject to hydrolysis) is 1. The number of nitrogens with one attached hydrogen (secondary N) is 2. The third-order valence-electron chi connectivity index (χ3n) is 2.75. The van der Waals surface area contributed by atoms with Gasteiger partial charge < -0.3 is 15.4 Å². The summed E-state index contributed by atoms with van der Waals surface area (Å²) in [7, 11) is 0. The van der Waals surface area contributed by atoms with Gasteiger partial charge in [-0.1, -0.05) is 0 Å². The Morgan fingerprint density at radius 3 is 2.93 bits per heavy atom. The number of carbonyl (C=O) groups is 1. The maximum Gasteiger partial charge on any atom is 0.407 e. The summed E-state index contributed by atoms with van der Waals surface area (Å²) in [6.07, 6.45) is 4.35. The maximum atomic E-state index is 11.2. The fourth-order valence-corrected chi connectivity index (χ4v) is 1.70. The third-order valence-corrected chi connectivity index (χ3v) is 2.75. The summed E-state index contributed by atoms with van der Waals surface area (Å²) in [5.74, 6) is 0.508. The molecule has 1 unspecified atom stereocenters. The number of amides is 1. The van der Waals surface area contributed by atoms with Gasteiger partial charge >= 0.3 is 6.09 Å². The second-order valence-corrected chi connectivity index (χ2v) is 4.23. The molecule has 0 aromatic heterocycles. The van der Waals surface area contributed by atoms with E-state index in [0.29, 0.717) is 18.6 Å². The lowest BCUT2D eigenvalue weighted by Gasteiger charge is -2.22. The van der Waals surface area contributed by atoms with Gasteiger partial charge in [0.1, 0.15) is 0 Å². The van der Waals surface area contributed by atoms with Crippen LogP contribution in [0.1, 0.15) is 25.7 Å². The summed E-state index contributed by atoms with van der Waals surface area (Å²) in [6, 6.07) is 0.395. The third kappa shape index (κ3) is 3.18.